The maximum Gasteiger partial charge on any atom is 0.284 e. The zero-order valence-corrected chi connectivity index (χ0v) is 13.1. The lowest BCUT2D eigenvalue weighted by molar-refractivity contribution is -0.122. The molecule has 3 rings (SSSR count). The van der Waals surface area contributed by atoms with Crippen molar-refractivity contribution in [3.05, 3.63) is 63.6 Å². The molecule has 1 aliphatic rings. The van der Waals surface area contributed by atoms with Crippen LogP contribution in [0.2, 0.25) is 10.0 Å². The molecule has 1 amide bonds. The van der Waals surface area contributed by atoms with Gasteiger partial charge in [-0.05, 0) is 30.3 Å². The average molecular weight is 337 g/mol. The second kappa shape index (κ2) is 5.71. The van der Waals surface area contributed by atoms with Gasteiger partial charge in [-0.15, -0.1) is 0 Å². The summed E-state index contributed by atoms with van der Waals surface area (Å²) in [6.45, 7) is 0. The zero-order valence-electron chi connectivity index (χ0n) is 11.6. The predicted molar refractivity (Wildman–Crippen MR) is 86.8 cm³/mol. The van der Waals surface area contributed by atoms with Gasteiger partial charge >= 0.3 is 0 Å². The van der Waals surface area contributed by atoms with Gasteiger partial charge in [-0.1, -0.05) is 35.3 Å². The fraction of sp³-hybridized carbons (Fsp3) is 0.125. The van der Waals surface area contributed by atoms with Crippen LogP contribution in [0.3, 0.4) is 0 Å². The van der Waals surface area contributed by atoms with E-state index in [1.165, 1.54) is 11.9 Å². The molecular weight excluding hydrogens is 326 g/mol. The predicted octanol–water partition coefficient (Wildman–Crippen LogP) is 4.10. The molecule has 112 valence electrons. The van der Waals surface area contributed by atoms with E-state index in [0.29, 0.717) is 32.6 Å². The monoisotopic (exact) mass is 336 g/mol. The summed E-state index contributed by atoms with van der Waals surface area (Å²) in [6.07, 6.45) is -1.97. The van der Waals surface area contributed by atoms with Gasteiger partial charge in [-0.2, -0.15) is 0 Å². The topological polar surface area (TPSA) is 32.7 Å². The number of benzene rings is 2. The van der Waals surface area contributed by atoms with Gasteiger partial charge in [-0.25, -0.2) is 9.38 Å². The van der Waals surface area contributed by atoms with Crippen molar-refractivity contribution in [1.82, 2.24) is 0 Å². The van der Waals surface area contributed by atoms with Crippen molar-refractivity contribution in [3.8, 4) is 0 Å². The lowest BCUT2D eigenvalue weighted by Gasteiger charge is -2.18. The second-order valence-corrected chi connectivity index (χ2v) is 5.76. The largest absolute Gasteiger partial charge is 0.311 e. The van der Waals surface area contributed by atoms with Crippen LogP contribution < -0.4 is 4.90 Å². The lowest BCUT2D eigenvalue weighted by atomic mass is 10.0. The summed E-state index contributed by atoms with van der Waals surface area (Å²) in [6, 6.07) is 11.9. The van der Waals surface area contributed by atoms with Crippen molar-refractivity contribution in [2.24, 2.45) is 4.99 Å². The SMILES string of the molecule is CN1C(=O)C(F)N=C(c2cccc(Cl)c2)c2cc(Cl)ccc21. The van der Waals surface area contributed by atoms with Gasteiger partial charge in [-0.3, -0.25) is 4.79 Å². The van der Waals surface area contributed by atoms with Crippen molar-refractivity contribution in [2.45, 2.75) is 6.30 Å². The van der Waals surface area contributed by atoms with Crippen LogP contribution in [-0.2, 0) is 4.79 Å². The highest BCUT2D eigenvalue weighted by Gasteiger charge is 2.29. The first kappa shape index (κ1) is 15.0. The molecule has 1 atom stereocenters. The Morgan fingerprint density at radius 3 is 2.59 bits per heavy atom. The highest BCUT2D eigenvalue weighted by atomic mass is 35.5. The number of carbonyl (C=O) groups excluding carboxylic acids is 1. The van der Waals surface area contributed by atoms with Crippen LogP contribution in [0.15, 0.2) is 47.5 Å². The van der Waals surface area contributed by atoms with Gasteiger partial charge in [0.1, 0.15) is 0 Å². The normalized spacial score (nSPS) is 17.8. The summed E-state index contributed by atoms with van der Waals surface area (Å²) in [5.41, 5.74) is 2.12. The summed E-state index contributed by atoms with van der Waals surface area (Å²) in [5, 5.41) is 0.981. The number of anilines is 1. The number of hydrogen-bond donors (Lipinski definition) is 0. The van der Waals surface area contributed by atoms with Crippen molar-refractivity contribution < 1.29 is 9.18 Å². The molecule has 22 heavy (non-hydrogen) atoms. The maximum atomic E-state index is 14.1. The number of halogens is 3. The van der Waals surface area contributed by atoms with Crippen LogP contribution in [0, 0.1) is 0 Å². The van der Waals surface area contributed by atoms with Crippen LogP contribution in [-0.4, -0.2) is 25.0 Å². The molecular formula is C16H11Cl2FN2O. The van der Waals surface area contributed by atoms with Gasteiger partial charge in [0, 0.05) is 28.2 Å². The first-order chi connectivity index (χ1) is 10.5. The Kier molecular flexibility index (Phi) is 3.89. The van der Waals surface area contributed by atoms with Crippen LogP contribution in [0.5, 0.6) is 0 Å². The molecule has 1 heterocycles. The highest BCUT2D eigenvalue weighted by molar-refractivity contribution is 6.33. The van der Waals surface area contributed by atoms with Crippen molar-refractivity contribution in [2.75, 3.05) is 11.9 Å². The van der Waals surface area contributed by atoms with E-state index in [4.69, 9.17) is 23.2 Å². The number of hydrogen-bond acceptors (Lipinski definition) is 2. The van der Waals surface area contributed by atoms with Crippen molar-refractivity contribution >= 4 is 40.5 Å². The van der Waals surface area contributed by atoms with Gasteiger partial charge in [0.15, 0.2) is 0 Å². The highest BCUT2D eigenvalue weighted by Crippen LogP contribution is 2.30. The third-order valence-corrected chi connectivity index (χ3v) is 3.92. The number of aliphatic imine (C=N–C) groups is 1. The van der Waals surface area contributed by atoms with Gasteiger partial charge in [0.25, 0.3) is 12.2 Å². The van der Waals surface area contributed by atoms with Crippen LogP contribution >= 0.6 is 23.2 Å². The smallest absolute Gasteiger partial charge is 0.284 e. The van der Waals surface area contributed by atoms with E-state index in [0.717, 1.165) is 0 Å². The number of carbonyl (C=O) groups is 1. The molecule has 0 spiro atoms. The fourth-order valence-electron chi connectivity index (χ4n) is 2.37. The molecule has 0 aromatic heterocycles. The van der Waals surface area contributed by atoms with E-state index in [1.807, 2.05) is 0 Å². The fourth-order valence-corrected chi connectivity index (χ4v) is 2.74. The Morgan fingerprint density at radius 2 is 1.86 bits per heavy atom. The number of likely N-dealkylation sites (N-methyl/N-ethyl adjacent to an activating group) is 1. The summed E-state index contributed by atoms with van der Waals surface area (Å²) >= 11 is 12.1. The van der Waals surface area contributed by atoms with Crippen LogP contribution in [0.25, 0.3) is 0 Å². The molecule has 2 aromatic carbocycles. The molecule has 0 fully saturated rings. The Morgan fingerprint density at radius 1 is 1.14 bits per heavy atom. The minimum absolute atomic E-state index is 0.352. The molecule has 1 unspecified atom stereocenters. The van der Waals surface area contributed by atoms with E-state index in [2.05, 4.69) is 4.99 Å². The average Bonchev–Trinajstić information content (AvgIpc) is 2.58. The molecule has 0 bridgehead atoms. The number of alkyl halides is 1. The minimum atomic E-state index is -1.97. The molecule has 2 aromatic rings. The van der Waals surface area contributed by atoms with Gasteiger partial charge in [0.2, 0.25) is 0 Å². The molecule has 0 saturated carbocycles. The summed E-state index contributed by atoms with van der Waals surface area (Å²) in [4.78, 5) is 17.2. The molecule has 6 heteroatoms. The molecule has 0 aliphatic carbocycles. The first-order valence-corrected chi connectivity index (χ1v) is 7.28. The van der Waals surface area contributed by atoms with Crippen molar-refractivity contribution in [3.63, 3.8) is 0 Å². The quantitative estimate of drug-likeness (QED) is 0.721. The molecule has 0 N–H and O–H groups in total. The van der Waals surface area contributed by atoms with Gasteiger partial charge in [0.05, 0.1) is 11.4 Å². The third-order valence-electron chi connectivity index (χ3n) is 3.45. The Bertz CT molecular complexity index is 791. The molecule has 0 saturated heterocycles. The van der Waals surface area contributed by atoms with Crippen LogP contribution in [0.1, 0.15) is 11.1 Å². The van der Waals surface area contributed by atoms with E-state index >= 15 is 0 Å². The van der Waals surface area contributed by atoms with E-state index < -0.39 is 12.2 Å². The Hall–Kier alpha value is -1.91. The summed E-state index contributed by atoms with van der Waals surface area (Å²) in [7, 11) is 1.51. The first-order valence-electron chi connectivity index (χ1n) is 6.52. The number of rotatable bonds is 1. The number of nitrogens with zero attached hydrogens (tertiary/aromatic N) is 2. The van der Waals surface area contributed by atoms with E-state index in [1.54, 1.807) is 42.5 Å². The zero-order chi connectivity index (χ0) is 15.9. The van der Waals surface area contributed by atoms with Crippen molar-refractivity contribution in [1.29, 1.82) is 0 Å². The number of fused-ring (bicyclic) bond motifs is 1. The third kappa shape index (κ3) is 2.60. The molecule has 3 nitrogen and oxygen atoms in total. The molecule has 1 aliphatic heterocycles. The van der Waals surface area contributed by atoms with E-state index in [9.17, 15) is 9.18 Å². The Labute approximate surface area is 137 Å². The molecule has 0 radical (unpaired) electrons. The second-order valence-electron chi connectivity index (χ2n) is 4.88. The lowest BCUT2D eigenvalue weighted by Crippen LogP contribution is -2.32. The van der Waals surface area contributed by atoms with E-state index in [-0.39, 0.29) is 0 Å². The summed E-state index contributed by atoms with van der Waals surface area (Å²) in [5.74, 6) is -0.722. The summed E-state index contributed by atoms with van der Waals surface area (Å²) < 4.78 is 14.1. The van der Waals surface area contributed by atoms with Crippen LogP contribution in [0.4, 0.5) is 10.1 Å². The Balaban J connectivity index is 2.28. The minimum Gasteiger partial charge on any atom is -0.311 e. The maximum absolute atomic E-state index is 14.1. The standard InChI is InChI=1S/C16H11Cl2FN2O/c1-21-13-6-5-11(18)8-12(13)14(20-15(19)16(21)22)9-3-2-4-10(17)7-9/h2-8,15H,1H3. The number of benzodiazepines with no additional fused rings is 1. The van der Waals surface area contributed by atoms with Gasteiger partial charge < -0.3 is 4.90 Å². The number of amides is 1.